The molecule has 0 radical (unpaired) electrons. The Balaban J connectivity index is 1.16. The third-order valence-electron chi connectivity index (χ3n) is 10.9. The topological polar surface area (TPSA) is 8.17 Å². The van der Waals surface area contributed by atoms with Gasteiger partial charge < -0.3 is 9.47 Å². The van der Waals surface area contributed by atoms with E-state index in [1.54, 1.807) is 0 Å². The Morgan fingerprint density at radius 1 is 0.412 bits per heavy atom. The van der Waals surface area contributed by atoms with Crippen molar-refractivity contribution in [2.75, 3.05) is 4.90 Å². The zero-order valence-corrected chi connectivity index (χ0v) is 28.7. The second kappa shape index (κ2) is 11.3. The van der Waals surface area contributed by atoms with Gasteiger partial charge in [-0.15, -0.1) is 0 Å². The minimum absolute atomic E-state index is 0.0850. The van der Waals surface area contributed by atoms with Gasteiger partial charge in [-0.1, -0.05) is 135 Å². The number of benzene rings is 8. The maximum absolute atomic E-state index is 2.42. The molecule has 10 rings (SSSR count). The Hall–Kier alpha value is -6.38. The van der Waals surface area contributed by atoms with Gasteiger partial charge in [0.15, 0.2) is 0 Å². The molecule has 8 aromatic carbocycles. The molecule has 1 heterocycles. The zero-order valence-electron chi connectivity index (χ0n) is 28.7. The van der Waals surface area contributed by atoms with Crippen LogP contribution in [0.25, 0.3) is 60.5 Å². The molecule has 1 aliphatic rings. The number of hydrogen-bond acceptors (Lipinski definition) is 1. The molecule has 0 fully saturated rings. The molecular formula is C49H36N2. The number of anilines is 3. The van der Waals surface area contributed by atoms with E-state index in [0.29, 0.717) is 0 Å². The molecule has 9 aromatic rings. The maximum Gasteiger partial charge on any atom is 0.0541 e. The minimum atomic E-state index is -0.0850. The quantitative estimate of drug-likeness (QED) is 0.180. The van der Waals surface area contributed by atoms with E-state index in [1.807, 2.05) is 0 Å². The largest absolute Gasteiger partial charge is 0.310 e. The van der Waals surface area contributed by atoms with E-state index in [-0.39, 0.29) is 5.41 Å². The van der Waals surface area contributed by atoms with Crippen LogP contribution in [-0.4, -0.2) is 4.57 Å². The van der Waals surface area contributed by atoms with Gasteiger partial charge in [0.05, 0.1) is 11.0 Å². The average Bonchev–Trinajstić information content (AvgIpc) is 3.64. The summed E-state index contributed by atoms with van der Waals surface area (Å²) in [5, 5.41) is 4.99. The van der Waals surface area contributed by atoms with Gasteiger partial charge in [0.1, 0.15) is 0 Å². The molecule has 0 atom stereocenters. The standard InChI is InChI=1S/C49H36N2/c1-49(2)45-24-11-8-21-40(45)41-28-27-37(32-46(41)49)50(35-17-4-3-5-18-35)36-19-14-16-34(29-36)44-31-38(30-33-15-6-7-20-39(33)44)51-47-25-12-9-22-42(47)43-23-10-13-26-48(43)51/h3-32H,1-2H3. The molecule has 51 heavy (non-hydrogen) atoms. The van der Waals surface area contributed by atoms with E-state index >= 15 is 0 Å². The Morgan fingerprint density at radius 3 is 1.80 bits per heavy atom. The third kappa shape index (κ3) is 4.57. The van der Waals surface area contributed by atoms with Crippen LogP contribution in [0.2, 0.25) is 0 Å². The van der Waals surface area contributed by atoms with Gasteiger partial charge in [0, 0.05) is 38.9 Å². The molecule has 242 valence electrons. The molecule has 1 aliphatic carbocycles. The number of hydrogen-bond donors (Lipinski definition) is 0. The van der Waals surface area contributed by atoms with Gasteiger partial charge in [-0.05, 0) is 105 Å². The lowest BCUT2D eigenvalue weighted by atomic mass is 9.82. The van der Waals surface area contributed by atoms with Crippen LogP contribution in [0.4, 0.5) is 17.1 Å². The molecule has 1 aromatic heterocycles. The van der Waals surface area contributed by atoms with E-state index in [4.69, 9.17) is 0 Å². The molecule has 0 bridgehead atoms. The van der Waals surface area contributed by atoms with Crippen LogP contribution in [0.5, 0.6) is 0 Å². The SMILES string of the molecule is CC1(C)c2ccccc2-c2ccc(N(c3ccccc3)c3cccc(-c4cc(-n5c6ccccc6c6ccccc65)cc5ccccc45)c3)cc21. The second-order valence-corrected chi connectivity index (χ2v) is 14.2. The molecule has 0 saturated heterocycles. The molecular weight excluding hydrogens is 617 g/mol. The number of rotatable bonds is 5. The molecule has 0 N–H and O–H groups in total. The van der Waals surface area contributed by atoms with Gasteiger partial charge in [-0.2, -0.15) is 0 Å². The van der Waals surface area contributed by atoms with E-state index in [9.17, 15) is 0 Å². The van der Waals surface area contributed by atoms with E-state index in [0.717, 1.165) is 22.7 Å². The summed E-state index contributed by atoms with van der Waals surface area (Å²) in [6.45, 7) is 4.70. The summed E-state index contributed by atoms with van der Waals surface area (Å²) < 4.78 is 2.42. The van der Waals surface area contributed by atoms with Gasteiger partial charge in [0.2, 0.25) is 0 Å². The Kier molecular flexibility index (Phi) is 6.56. The highest BCUT2D eigenvalue weighted by Crippen LogP contribution is 2.50. The van der Waals surface area contributed by atoms with Crippen molar-refractivity contribution in [3.8, 4) is 27.9 Å². The summed E-state index contributed by atoms with van der Waals surface area (Å²) in [5.41, 5.74) is 14.7. The summed E-state index contributed by atoms with van der Waals surface area (Å²) in [7, 11) is 0. The second-order valence-electron chi connectivity index (χ2n) is 14.2. The predicted molar refractivity (Wildman–Crippen MR) is 216 cm³/mol. The zero-order chi connectivity index (χ0) is 34.1. The summed E-state index contributed by atoms with van der Waals surface area (Å²) in [4.78, 5) is 2.40. The van der Waals surface area contributed by atoms with Crippen molar-refractivity contribution in [1.82, 2.24) is 4.57 Å². The third-order valence-corrected chi connectivity index (χ3v) is 10.9. The van der Waals surface area contributed by atoms with Gasteiger partial charge in [-0.3, -0.25) is 0 Å². The summed E-state index contributed by atoms with van der Waals surface area (Å²) >= 11 is 0. The van der Waals surface area contributed by atoms with Crippen molar-refractivity contribution in [2.24, 2.45) is 0 Å². The smallest absolute Gasteiger partial charge is 0.0541 e. The number of fused-ring (bicyclic) bond motifs is 7. The van der Waals surface area contributed by atoms with Crippen molar-refractivity contribution in [3.63, 3.8) is 0 Å². The molecule has 0 saturated carbocycles. The van der Waals surface area contributed by atoms with Crippen LogP contribution < -0.4 is 4.90 Å². The first-order chi connectivity index (χ1) is 25.1. The number of nitrogens with zero attached hydrogens (tertiary/aromatic N) is 2. The van der Waals surface area contributed by atoms with Crippen molar-refractivity contribution < 1.29 is 0 Å². The molecule has 0 amide bonds. The first-order valence-corrected chi connectivity index (χ1v) is 17.8. The lowest BCUT2D eigenvalue weighted by Crippen LogP contribution is -2.16. The first kappa shape index (κ1) is 29.5. The molecule has 0 aliphatic heterocycles. The molecule has 0 unspecified atom stereocenters. The lowest BCUT2D eigenvalue weighted by Gasteiger charge is -2.28. The van der Waals surface area contributed by atoms with Crippen molar-refractivity contribution in [1.29, 1.82) is 0 Å². The van der Waals surface area contributed by atoms with Crippen molar-refractivity contribution in [2.45, 2.75) is 19.3 Å². The van der Waals surface area contributed by atoms with Crippen LogP contribution >= 0.6 is 0 Å². The summed E-state index contributed by atoms with van der Waals surface area (Å²) in [6.07, 6.45) is 0. The van der Waals surface area contributed by atoms with Gasteiger partial charge in [-0.25, -0.2) is 0 Å². The highest BCUT2D eigenvalue weighted by atomic mass is 15.1. The Bertz CT molecular complexity index is 2730. The highest BCUT2D eigenvalue weighted by molar-refractivity contribution is 6.10. The first-order valence-electron chi connectivity index (χ1n) is 17.8. The fourth-order valence-electron chi connectivity index (χ4n) is 8.53. The Labute approximate surface area is 298 Å². The Morgan fingerprint density at radius 2 is 1.02 bits per heavy atom. The van der Waals surface area contributed by atoms with Crippen molar-refractivity contribution in [3.05, 3.63) is 193 Å². The molecule has 2 heteroatoms. The average molecular weight is 653 g/mol. The maximum atomic E-state index is 2.42. The monoisotopic (exact) mass is 652 g/mol. The van der Waals surface area contributed by atoms with E-state index < -0.39 is 0 Å². The lowest BCUT2D eigenvalue weighted by molar-refractivity contribution is 0.660. The van der Waals surface area contributed by atoms with E-state index in [2.05, 4.69) is 205 Å². The van der Waals surface area contributed by atoms with Crippen LogP contribution in [0, 0.1) is 0 Å². The summed E-state index contributed by atoms with van der Waals surface area (Å²) in [5.74, 6) is 0. The van der Waals surface area contributed by atoms with Crippen LogP contribution in [-0.2, 0) is 5.41 Å². The normalized spacial score (nSPS) is 13.1. The highest BCUT2D eigenvalue weighted by Gasteiger charge is 2.35. The number of para-hydroxylation sites is 3. The number of aromatic nitrogens is 1. The fraction of sp³-hybridized carbons (Fsp3) is 0.0612. The fourth-order valence-corrected chi connectivity index (χ4v) is 8.53. The van der Waals surface area contributed by atoms with E-state index in [1.165, 1.54) is 66.0 Å². The van der Waals surface area contributed by atoms with Crippen LogP contribution in [0.15, 0.2) is 182 Å². The van der Waals surface area contributed by atoms with Gasteiger partial charge in [0.25, 0.3) is 0 Å². The molecule has 0 spiro atoms. The predicted octanol–water partition coefficient (Wildman–Crippen LogP) is 13.4. The van der Waals surface area contributed by atoms with Crippen molar-refractivity contribution >= 4 is 49.6 Å². The molecule has 2 nitrogen and oxygen atoms in total. The minimum Gasteiger partial charge on any atom is -0.310 e. The van der Waals surface area contributed by atoms with Crippen LogP contribution in [0.3, 0.4) is 0 Å². The van der Waals surface area contributed by atoms with Gasteiger partial charge >= 0.3 is 0 Å². The van der Waals surface area contributed by atoms with Crippen LogP contribution in [0.1, 0.15) is 25.0 Å². The summed E-state index contributed by atoms with van der Waals surface area (Å²) in [6, 6.07) is 66.7.